The summed E-state index contributed by atoms with van der Waals surface area (Å²) in [7, 11) is 4.45. The second kappa shape index (κ2) is 10.0. The molecule has 0 unspecified atom stereocenters. The van der Waals surface area contributed by atoms with E-state index in [0.29, 0.717) is 25.9 Å². The molecule has 0 spiro atoms. The lowest BCUT2D eigenvalue weighted by Gasteiger charge is -2.48. The van der Waals surface area contributed by atoms with Crippen LogP contribution in [0.15, 0.2) is 24.4 Å². The molecule has 1 saturated carbocycles. The predicted octanol–water partition coefficient (Wildman–Crippen LogP) is 2.32. The number of hydrogen-bond donors (Lipinski definition) is 1. The van der Waals surface area contributed by atoms with E-state index in [2.05, 4.69) is 4.98 Å². The van der Waals surface area contributed by atoms with Crippen LogP contribution in [0, 0.1) is 17.8 Å². The zero-order valence-electron chi connectivity index (χ0n) is 20.0. The van der Waals surface area contributed by atoms with Gasteiger partial charge in [-0.15, -0.1) is 0 Å². The molecule has 9 heteroatoms. The van der Waals surface area contributed by atoms with Gasteiger partial charge in [-0.1, -0.05) is 0 Å². The Bertz CT molecular complexity index is 1060. The normalized spacial score (nSPS) is 26.8. The van der Waals surface area contributed by atoms with Crippen molar-refractivity contribution >= 4 is 28.7 Å². The number of esters is 2. The van der Waals surface area contributed by atoms with Crippen LogP contribution >= 0.6 is 0 Å². The van der Waals surface area contributed by atoms with Crippen LogP contribution in [0.5, 0.6) is 5.75 Å². The zero-order chi connectivity index (χ0) is 24.4. The van der Waals surface area contributed by atoms with Crippen LogP contribution < -0.4 is 4.74 Å². The van der Waals surface area contributed by atoms with Crippen molar-refractivity contribution in [3.05, 3.63) is 30.0 Å². The van der Waals surface area contributed by atoms with Gasteiger partial charge in [-0.25, -0.2) is 0 Å². The lowest BCUT2D eigenvalue weighted by molar-refractivity contribution is -0.187. The fraction of sp³-hybridized carbons (Fsp3) is 0.560. The Morgan fingerprint density at radius 3 is 2.68 bits per heavy atom. The maximum Gasteiger partial charge on any atom is 0.311 e. The average Bonchev–Trinajstić information content (AvgIpc) is 3.23. The molecule has 2 aliphatic rings. The monoisotopic (exact) mass is 472 g/mol. The number of ether oxygens (including phenoxy) is 4. The molecule has 4 rings (SSSR count). The van der Waals surface area contributed by atoms with E-state index in [9.17, 15) is 14.4 Å². The first-order valence-electron chi connectivity index (χ1n) is 11.6. The van der Waals surface area contributed by atoms with Crippen molar-refractivity contribution in [3.63, 3.8) is 0 Å². The maximum atomic E-state index is 13.1. The molecule has 2 aromatic rings. The number of aromatic nitrogens is 1. The summed E-state index contributed by atoms with van der Waals surface area (Å²) in [6.45, 7) is 2.40. The third kappa shape index (κ3) is 4.61. The van der Waals surface area contributed by atoms with Gasteiger partial charge in [-0.2, -0.15) is 0 Å². The van der Waals surface area contributed by atoms with E-state index in [1.54, 1.807) is 7.11 Å². The number of rotatable bonds is 7. The first-order valence-corrected chi connectivity index (χ1v) is 11.6. The standard InChI is InChI=1S/C25H32N2O7/c1-14(28)34-21-9-16-13-27(22(29)11-19(16)23(24(21)32-3)25(30)33-4)8-7-15-12-26-20-6-5-17(31-2)10-18(15)20/h5-6,10,12,16,19,21,23-24,26H,7-9,11,13H2,1-4H3/t16-,19+,21-,23+,24-/m0/s1. The van der Waals surface area contributed by atoms with Crippen LogP contribution in [0.4, 0.5) is 0 Å². The number of amides is 1. The molecular formula is C25H32N2O7. The second-order valence-electron chi connectivity index (χ2n) is 9.08. The summed E-state index contributed by atoms with van der Waals surface area (Å²) in [5, 5.41) is 1.07. The highest BCUT2D eigenvalue weighted by atomic mass is 16.6. The molecule has 5 atom stereocenters. The number of nitrogens with one attached hydrogen (secondary N) is 1. The van der Waals surface area contributed by atoms with Gasteiger partial charge in [-0.05, 0) is 48.4 Å². The molecule has 1 N–H and O–H groups in total. The van der Waals surface area contributed by atoms with E-state index in [1.165, 1.54) is 21.1 Å². The quantitative estimate of drug-likeness (QED) is 0.616. The highest BCUT2D eigenvalue weighted by Gasteiger charge is 2.53. The third-order valence-electron chi connectivity index (χ3n) is 7.23. The van der Waals surface area contributed by atoms with E-state index < -0.39 is 30.1 Å². The first-order chi connectivity index (χ1) is 16.4. The molecule has 184 valence electrons. The van der Waals surface area contributed by atoms with Crippen LogP contribution in [-0.2, 0) is 35.0 Å². The average molecular weight is 473 g/mol. The number of nitrogens with zero attached hydrogens (tertiary/aromatic N) is 1. The van der Waals surface area contributed by atoms with E-state index in [1.807, 2.05) is 29.3 Å². The van der Waals surface area contributed by atoms with Gasteiger partial charge in [0.25, 0.3) is 0 Å². The predicted molar refractivity (Wildman–Crippen MR) is 123 cm³/mol. The van der Waals surface area contributed by atoms with Crippen molar-refractivity contribution in [2.75, 3.05) is 34.4 Å². The molecule has 9 nitrogen and oxygen atoms in total. The Kier molecular flexibility index (Phi) is 7.11. The molecule has 1 aliphatic heterocycles. The van der Waals surface area contributed by atoms with E-state index in [-0.39, 0.29) is 24.2 Å². The molecular weight excluding hydrogens is 440 g/mol. The zero-order valence-corrected chi connectivity index (χ0v) is 20.0. The third-order valence-corrected chi connectivity index (χ3v) is 7.23. The van der Waals surface area contributed by atoms with Crippen molar-refractivity contribution in [1.82, 2.24) is 9.88 Å². The fourth-order valence-corrected chi connectivity index (χ4v) is 5.63. The Morgan fingerprint density at radius 1 is 1.21 bits per heavy atom. The first kappa shape index (κ1) is 24.1. The second-order valence-corrected chi connectivity index (χ2v) is 9.08. The van der Waals surface area contributed by atoms with Gasteiger partial charge in [0.2, 0.25) is 5.91 Å². The van der Waals surface area contributed by atoms with Gasteiger partial charge in [0.15, 0.2) is 0 Å². The number of benzene rings is 1. The number of hydrogen-bond acceptors (Lipinski definition) is 7. The summed E-state index contributed by atoms with van der Waals surface area (Å²) in [6, 6.07) is 5.88. The lowest BCUT2D eigenvalue weighted by Crippen LogP contribution is -2.58. The molecule has 1 aliphatic carbocycles. The largest absolute Gasteiger partial charge is 0.497 e. The summed E-state index contributed by atoms with van der Waals surface area (Å²) in [6.07, 6.45) is 2.21. The van der Waals surface area contributed by atoms with Crippen LogP contribution in [0.2, 0.25) is 0 Å². The smallest absolute Gasteiger partial charge is 0.311 e. The number of likely N-dealkylation sites (tertiary alicyclic amines) is 1. The number of carbonyl (C=O) groups is 3. The molecule has 1 saturated heterocycles. The Morgan fingerprint density at radius 2 is 2.00 bits per heavy atom. The van der Waals surface area contributed by atoms with Crippen molar-refractivity contribution in [3.8, 4) is 5.75 Å². The summed E-state index contributed by atoms with van der Waals surface area (Å²) in [5.74, 6) is -0.949. The topological polar surface area (TPSA) is 107 Å². The summed E-state index contributed by atoms with van der Waals surface area (Å²) in [4.78, 5) is 42.6. The number of methoxy groups -OCH3 is 3. The molecule has 2 heterocycles. The van der Waals surface area contributed by atoms with Crippen molar-refractivity contribution < 1.29 is 33.3 Å². The highest BCUT2D eigenvalue weighted by molar-refractivity contribution is 5.85. The van der Waals surface area contributed by atoms with Gasteiger partial charge in [-0.3, -0.25) is 14.4 Å². The van der Waals surface area contributed by atoms with E-state index in [0.717, 1.165) is 22.2 Å². The molecule has 34 heavy (non-hydrogen) atoms. The highest BCUT2D eigenvalue weighted by Crippen LogP contribution is 2.43. The van der Waals surface area contributed by atoms with Crippen LogP contribution in [0.1, 0.15) is 25.3 Å². The van der Waals surface area contributed by atoms with Crippen molar-refractivity contribution in [2.45, 2.75) is 38.4 Å². The Balaban J connectivity index is 1.51. The minimum absolute atomic E-state index is 0.000568. The Labute approximate surface area is 198 Å². The van der Waals surface area contributed by atoms with Gasteiger partial charge in [0, 0.05) is 50.6 Å². The maximum absolute atomic E-state index is 13.1. The fourth-order valence-electron chi connectivity index (χ4n) is 5.63. The molecule has 0 bridgehead atoms. The summed E-state index contributed by atoms with van der Waals surface area (Å²) < 4.78 is 21.5. The molecule has 2 fully saturated rings. The summed E-state index contributed by atoms with van der Waals surface area (Å²) in [5.41, 5.74) is 2.13. The molecule has 0 radical (unpaired) electrons. The van der Waals surface area contributed by atoms with Crippen LogP contribution in [0.25, 0.3) is 10.9 Å². The van der Waals surface area contributed by atoms with Gasteiger partial charge in [0.1, 0.15) is 18.0 Å². The van der Waals surface area contributed by atoms with E-state index >= 15 is 0 Å². The number of aromatic amines is 1. The number of fused-ring (bicyclic) bond motifs is 2. The molecule has 1 aromatic heterocycles. The minimum Gasteiger partial charge on any atom is -0.497 e. The van der Waals surface area contributed by atoms with Gasteiger partial charge < -0.3 is 28.8 Å². The molecule has 1 amide bonds. The Hall–Kier alpha value is -3.07. The lowest BCUT2D eigenvalue weighted by atomic mass is 9.66. The summed E-state index contributed by atoms with van der Waals surface area (Å²) >= 11 is 0. The SMILES string of the molecule is COC(=O)[C@@H]1[C@@H]2CC(=O)N(CCc3c[nH]c4ccc(OC)cc34)C[C@@H]2C[C@H](OC(C)=O)[C@@H]1OC. The minimum atomic E-state index is -0.662. The van der Waals surface area contributed by atoms with Crippen molar-refractivity contribution in [2.24, 2.45) is 17.8 Å². The van der Waals surface area contributed by atoms with E-state index in [4.69, 9.17) is 18.9 Å². The number of H-pyrrole nitrogens is 1. The molecule has 1 aromatic carbocycles. The van der Waals surface area contributed by atoms with Crippen LogP contribution in [0.3, 0.4) is 0 Å². The number of carbonyl (C=O) groups excluding carboxylic acids is 3. The van der Waals surface area contributed by atoms with Gasteiger partial charge >= 0.3 is 11.9 Å². The number of piperidine rings is 1. The van der Waals surface area contributed by atoms with Crippen LogP contribution in [-0.4, -0.2) is 74.4 Å². The van der Waals surface area contributed by atoms with Crippen molar-refractivity contribution in [1.29, 1.82) is 0 Å². The van der Waals surface area contributed by atoms with Gasteiger partial charge in [0.05, 0.1) is 20.1 Å².